The fraction of sp³-hybridized carbons (Fsp3) is 0.708. The van der Waals surface area contributed by atoms with Crippen LogP contribution in [-0.2, 0) is 4.79 Å². The normalized spacial score (nSPS) is 12.3. The molecule has 0 aromatic heterocycles. The van der Waals surface area contributed by atoms with Crippen LogP contribution in [0.4, 0.5) is 0 Å². The van der Waals surface area contributed by atoms with Crippen LogP contribution in [0.1, 0.15) is 104 Å². The monoisotopic (exact) mass is 346 g/mol. The lowest BCUT2D eigenvalue weighted by Gasteiger charge is -1.99. The molecule has 0 unspecified atom stereocenters. The van der Waals surface area contributed by atoms with Crippen molar-refractivity contribution in [1.29, 1.82) is 0 Å². The molecular weight excluding hydrogens is 304 g/mol. The van der Waals surface area contributed by atoms with E-state index in [1.807, 2.05) is 0 Å². The zero-order valence-corrected chi connectivity index (χ0v) is 17.1. The second-order valence-electron chi connectivity index (χ2n) is 7.44. The maximum Gasteiger partial charge on any atom is 0.133 e. The molecule has 1 nitrogen and oxygen atoms in total. The highest BCUT2D eigenvalue weighted by Crippen LogP contribution is 2.08. The molecule has 0 rings (SSSR count). The molecule has 0 saturated carbocycles. The highest BCUT2D eigenvalue weighted by Gasteiger charge is 1.99. The smallest absolute Gasteiger partial charge is 0.133 e. The van der Waals surface area contributed by atoms with E-state index in [1.165, 1.54) is 32.1 Å². The minimum absolute atomic E-state index is 0.437. The van der Waals surface area contributed by atoms with Crippen molar-refractivity contribution in [3.05, 3.63) is 36.5 Å². The van der Waals surface area contributed by atoms with E-state index in [-0.39, 0.29) is 0 Å². The second-order valence-corrected chi connectivity index (χ2v) is 7.44. The number of hydrogen-bond donors (Lipinski definition) is 0. The van der Waals surface area contributed by atoms with Crippen LogP contribution in [-0.4, -0.2) is 5.78 Å². The van der Waals surface area contributed by atoms with Gasteiger partial charge < -0.3 is 0 Å². The van der Waals surface area contributed by atoms with Gasteiger partial charge in [-0.3, -0.25) is 4.79 Å². The van der Waals surface area contributed by atoms with Gasteiger partial charge in [0.1, 0.15) is 5.78 Å². The predicted octanol–water partition coefficient (Wildman–Crippen LogP) is 7.97. The van der Waals surface area contributed by atoms with Crippen molar-refractivity contribution in [1.82, 2.24) is 0 Å². The molecule has 0 aromatic carbocycles. The molecule has 0 aliphatic carbocycles. The van der Waals surface area contributed by atoms with E-state index in [2.05, 4.69) is 57.2 Å². The second kappa shape index (κ2) is 19.2. The third kappa shape index (κ3) is 20.8. The quantitative estimate of drug-likeness (QED) is 0.193. The van der Waals surface area contributed by atoms with E-state index in [0.717, 1.165) is 57.3 Å². The van der Waals surface area contributed by atoms with E-state index < -0.39 is 0 Å². The number of allylic oxidation sites excluding steroid dienone is 6. The Bertz CT molecular complexity index is 374. The molecule has 0 bridgehead atoms. The van der Waals surface area contributed by atoms with Crippen LogP contribution in [0.15, 0.2) is 36.5 Å². The fourth-order valence-corrected chi connectivity index (χ4v) is 2.64. The number of unbranched alkanes of at least 4 members (excludes halogenated alkanes) is 6. The first kappa shape index (κ1) is 23.9. The van der Waals surface area contributed by atoms with E-state index in [0.29, 0.717) is 5.78 Å². The van der Waals surface area contributed by atoms with Gasteiger partial charge in [-0.1, -0.05) is 82.9 Å². The third-order valence-corrected chi connectivity index (χ3v) is 4.26. The van der Waals surface area contributed by atoms with Crippen molar-refractivity contribution in [2.45, 2.75) is 104 Å². The topological polar surface area (TPSA) is 17.1 Å². The Hall–Kier alpha value is -1.11. The summed E-state index contributed by atoms with van der Waals surface area (Å²) in [4.78, 5) is 11.7. The average Bonchev–Trinajstić information content (AvgIpc) is 2.58. The molecule has 0 N–H and O–H groups in total. The SMILES string of the molecule is CCCCCCCC(=O)CCC=CCCC=CCCC=CCC(C)C. The van der Waals surface area contributed by atoms with Gasteiger partial charge in [0.15, 0.2) is 0 Å². The molecule has 1 heteroatoms. The standard InChI is InChI=1S/C24H42O/c1-4-5-6-14-18-21-24(25)22-19-16-13-11-9-7-8-10-12-15-17-20-23(2)3/h7-8,13,15-17,23H,4-6,9-12,14,18-22H2,1-3H3. The Balaban J connectivity index is 3.41. The van der Waals surface area contributed by atoms with Crippen molar-refractivity contribution in [2.75, 3.05) is 0 Å². The van der Waals surface area contributed by atoms with Crippen LogP contribution in [0.2, 0.25) is 0 Å². The third-order valence-electron chi connectivity index (χ3n) is 4.26. The van der Waals surface area contributed by atoms with E-state index in [9.17, 15) is 4.79 Å². The highest BCUT2D eigenvalue weighted by molar-refractivity contribution is 5.78. The van der Waals surface area contributed by atoms with Gasteiger partial charge in [0, 0.05) is 12.8 Å². The molecule has 0 fully saturated rings. The molecule has 25 heavy (non-hydrogen) atoms. The van der Waals surface area contributed by atoms with Gasteiger partial charge in [-0.2, -0.15) is 0 Å². The van der Waals surface area contributed by atoms with Gasteiger partial charge in [-0.05, 0) is 50.9 Å². The molecular formula is C24H42O. The van der Waals surface area contributed by atoms with E-state index in [4.69, 9.17) is 0 Å². The summed E-state index contributed by atoms with van der Waals surface area (Å²) in [6, 6.07) is 0. The molecule has 144 valence electrons. The summed E-state index contributed by atoms with van der Waals surface area (Å²) in [5.41, 5.74) is 0. The van der Waals surface area contributed by atoms with Crippen LogP contribution in [0.25, 0.3) is 0 Å². The van der Waals surface area contributed by atoms with Crippen molar-refractivity contribution in [3.8, 4) is 0 Å². The Labute approximate surface area is 157 Å². The number of carbonyl (C=O) groups is 1. The van der Waals surface area contributed by atoms with Crippen LogP contribution in [0.5, 0.6) is 0 Å². The molecule has 0 amide bonds. The van der Waals surface area contributed by atoms with Crippen molar-refractivity contribution < 1.29 is 4.79 Å². The molecule has 0 spiro atoms. The van der Waals surface area contributed by atoms with Crippen LogP contribution >= 0.6 is 0 Å². The molecule has 0 aromatic rings. The molecule has 0 aliphatic rings. The van der Waals surface area contributed by atoms with Crippen molar-refractivity contribution in [3.63, 3.8) is 0 Å². The Kier molecular flexibility index (Phi) is 18.4. The number of ketones is 1. The zero-order valence-electron chi connectivity index (χ0n) is 17.1. The Morgan fingerprint density at radius 3 is 1.76 bits per heavy atom. The predicted molar refractivity (Wildman–Crippen MR) is 113 cm³/mol. The number of Topliss-reactive ketones (excluding diaryl/α,β-unsaturated/α-hetero) is 1. The Morgan fingerprint density at radius 1 is 0.680 bits per heavy atom. The molecule has 0 saturated heterocycles. The highest BCUT2D eigenvalue weighted by atomic mass is 16.1. The lowest BCUT2D eigenvalue weighted by Crippen LogP contribution is -1.96. The van der Waals surface area contributed by atoms with Gasteiger partial charge in [0.25, 0.3) is 0 Å². The molecule has 0 heterocycles. The summed E-state index contributed by atoms with van der Waals surface area (Å²) in [6.07, 6.45) is 27.8. The van der Waals surface area contributed by atoms with Gasteiger partial charge >= 0.3 is 0 Å². The minimum Gasteiger partial charge on any atom is -0.300 e. The maximum absolute atomic E-state index is 11.7. The number of rotatable bonds is 17. The number of hydrogen-bond acceptors (Lipinski definition) is 1. The number of carbonyl (C=O) groups excluding carboxylic acids is 1. The maximum atomic E-state index is 11.7. The van der Waals surface area contributed by atoms with Crippen LogP contribution in [0.3, 0.4) is 0 Å². The summed E-state index contributed by atoms with van der Waals surface area (Å²) in [6.45, 7) is 6.73. The van der Waals surface area contributed by atoms with Gasteiger partial charge in [0.2, 0.25) is 0 Å². The molecule has 0 atom stereocenters. The summed E-state index contributed by atoms with van der Waals surface area (Å²) >= 11 is 0. The van der Waals surface area contributed by atoms with Crippen LogP contribution < -0.4 is 0 Å². The summed E-state index contributed by atoms with van der Waals surface area (Å²) in [7, 11) is 0. The van der Waals surface area contributed by atoms with Crippen molar-refractivity contribution in [2.24, 2.45) is 5.92 Å². The fourth-order valence-electron chi connectivity index (χ4n) is 2.64. The van der Waals surface area contributed by atoms with Crippen molar-refractivity contribution >= 4 is 5.78 Å². The van der Waals surface area contributed by atoms with E-state index >= 15 is 0 Å². The van der Waals surface area contributed by atoms with Crippen LogP contribution in [0, 0.1) is 5.92 Å². The molecule has 0 aliphatic heterocycles. The Morgan fingerprint density at radius 2 is 1.20 bits per heavy atom. The minimum atomic E-state index is 0.437. The summed E-state index contributed by atoms with van der Waals surface area (Å²) < 4.78 is 0. The zero-order chi connectivity index (χ0) is 18.6. The first-order valence-corrected chi connectivity index (χ1v) is 10.6. The lowest BCUT2D eigenvalue weighted by atomic mass is 10.1. The first-order chi connectivity index (χ1) is 12.2. The molecule has 0 radical (unpaired) electrons. The summed E-state index contributed by atoms with van der Waals surface area (Å²) in [5.74, 6) is 1.20. The van der Waals surface area contributed by atoms with Gasteiger partial charge in [-0.15, -0.1) is 0 Å². The lowest BCUT2D eigenvalue weighted by molar-refractivity contribution is -0.119. The average molecular weight is 347 g/mol. The summed E-state index contributed by atoms with van der Waals surface area (Å²) in [5, 5.41) is 0. The van der Waals surface area contributed by atoms with Gasteiger partial charge in [0.05, 0.1) is 0 Å². The largest absolute Gasteiger partial charge is 0.300 e. The first-order valence-electron chi connectivity index (χ1n) is 10.6. The van der Waals surface area contributed by atoms with Gasteiger partial charge in [-0.25, -0.2) is 0 Å². The van der Waals surface area contributed by atoms with E-state index in [1.54, 1.807) is 0 Å².